The van der Waals surface area contributed by atoms with Gasteiger partial charge >= 0.3 is 0 Å². The van der Waals surface area contributed by atoms with E-state index >= 15 is 0 Å². The summed E-state index contributed by atoms with van der Waals surface area (Å²) in [6, 6.07) is 8.82. The third-order valence-electron chi connectivity index (χ3n) is 2.46. The van der Waals surface area contributed by atoms with Crippen molar-refractivity contribution in [2.24, 2.45) is 0 Å². The lowest BCUT2D eigenvalue weighted by Gasteiger charge is -2.01. The molecular weight excluding hydrogens is 188 g/mol. The molecule has 2 nitrogen and oxygen atoms in total. The quantitative estimate of drug-likeness (QED) is 0.707. The van der Waals surface area contributed by atoms with Crippen molar-refractivity contribution in [2.75, 3.05) is 0 Å². The van der Waals surface area contributed by atoms with Crippen LogP contribution in [0.5, 0.6) is 0 Å². The second-order valence-electron chi connectivity index (χ2n) is 3.44. The maximum absolute atomic E-state index is 11.7. The molecule has 2 aromatic rings. The van der Waals surface area contributed by atoms with E-state index in [0.29, 0.717) is 16.7 Å². The summed E-state index contributed by atoms with van der Waals surface area (Å²) in [7, 11) is 0. The minimum absolute atomic E-state index is 0.00745. The highest BCUT2D eigenvalue weighted by Gasteiger charge is 2.04. The van der Waals surface area contributed by atoms with Crippen LogP contribution in [0.25, 0.3) is 16.5 Å². The molecule has 0 amide bonds. The van der Waals surface area contributed by atoms with Gasteiger partial charge in [0.15, 0.2) is 5.43 Å². The molecule has 0 radical (unpaired) electrons. The van der Waals surface area contributed by atoms with E-state index < -0.39 is 0 Å². The molecule has 0 unspecified atom stereocenters. The number of hydrogen-bond donors (Lipinski definition) is 0. The minimum Gasteiger partial charge on any atom is -0.456 e. The van der Waals surface area contributed by atoms with E-state index in [2.05, 4.69) is 0 Å². The molecule has 0 aliphatic carbocycles. The first-order valence-electron chi connectivity index (χ1n) is 4.88. The third kappa shape index (κ3) is 1.71. The molecule has 1 heterocycles. The van der Waals surface area contributed by atoms with E-state index in [1.807, 2.05) is 38.1 Å². The number of benzene rings is 1. The predicted octanol–water partition coefficient (Wildman–Crippen LogP) is 3.22. The highest BCUT2D eigenvalue weighted by molar-refractivity contribution is 5.77. The smallest absolute Gasteiger partial charge is 0.193 e. The average molecular weight is 200 g/mol. The molecule has 15 heavy (non-hydrogen) atoms. The van der Waals surface area contributed by atoms with Crippen molar-refractivity contribution in [3.05, 3.63) is 52.4 Å². The van der Waals surface area contributed by atoms with Gasteiger partial charge in [0.1, 0.15) is 11.3 Å². The lowest BCUT2D eigenvalue weighted by molar-refractivity contribution is 0.585. The van der Waals surface area contributed by atoms with Crippen LogP contribution in [0, 0.1) is 0 Å². The number of rotatable bonds is 1. The second kappa shape index (κ2) is 3.73. The van der Waals surface area contributed by atoms with E-state index in [4.69, 9.17) is 4.42 Å². The molecule has 0 aliphatic rings. The van der Waals surface area contributed by atoms with Gasteiger partial charge < -0.3 is 4.42 Å². The van der Waals surface area contributed by atoms with Gasteiger partial charge in [-0.05, 0) is 31.6 Å². The van der Waals surface area contributed by atoms with Gasteiger partial charge in [-0.15, -0.1) is 0 Å². The summed E-state index contributed by atoms with van der Waals surface area (Å²) in [6.07, 6.45) is 1.92. The van der Waals surface area contributed by atoms with Gasteiger partial charge in [-0.3, -0.25) is 4.79 Å². The van der Waals surface area contributed by atoms with Crippen LogP contribution in [-0.4, -0.2) is 0 Å². The number of fused-ring (bicyclic) bond motifs is 1. The van der Waals surface area contributed by atoms with Gasteiger partial charge in [0, 0.05) is 6.07 Å². The molecule has 0 bridgehead atoms. The van der Waals surface area contributed by atoms with E-state index in [1.54, 1.807) is 6.07 Å². The number of hydrogen-bond acceptors (Lipinski definition) is 2. The Bertz CT molecular complexity index is 576. The zero-order valence-electron chi connectivity index (χ0n) is 8.78. The molecule has 2 rings (SSSR count). The molecule has 0 atom stereocenters. The van der Waals surface area contributed by atoms with Gasteiger partial charge in [0.2, 0.25) is 0 Å². The Morgan fingerprint density at radius 2 is 2.07 bits per heavy atom. The standard InChI is InChI=1S/C13H12O2/c1-3-9(2)13-8-11(14)10-6-4-5-7-12(10)15-13/h3-8H,1-2H3/b9-3+. The molecule has 0 saturated carbocycles. The Morgan fingerprint density at radius 3 is 2.80 bits per heavy atom. The van der Waals surface area contributed by atoms with Crippen molar-refractivity contribution in [1.29, 1.82) is 0 Å². The SMILES string of the molecule is C/C=C(\C)c1cc(=O)c2ccccc2o1. The molecule has 0 saturated heterocycles. The Kier molecular flexibility index (Phi) is 2.42. The van der Waals surface area contributed by atoms with Gasteiger partial charge in [0.05, 0.1) is 5.39 Å². The molecule has 0 aliphatic heterocycles. The molecular formula is C13H12O2. The van der Waals surface area contributed by atoms with Crippen LogP contribution in [-0.2, 0) is 0 Å². The Balaban J connectivity index is 2.79. The normalized spacial score (nSPS) is 12.0. The largest absolute Gasteiger partial charge is 0.456 e. The molecule has 2 heteroatoms. The fraction of sp³-hybridized carbons (Fsp3) is 0.154. The fourth-order valence-corrected chi connectivity index (χ4v) is 1.44. The predicted molar refractivity (Wildman–Crippen MR) is 61.8 cm³/mol. The van der Waals surface area contributed by atoms with Gasteiger partial charge in [-0.2, -0.15) is 0 Å². The second-order valence-corrected chi connectivity index (χ2v) is 3.44. The molecule has 0 N–H and O–H groups in total. The summed E-state index contributed by atoms with van der Waals surface area (Å²) in [6.45, 7) is 3.84. The minimum atomic E-state index is 0.00745. The van der Waals surface area contributed by atoms with E-state index in [1.165, 1.54) is 6.07 Å². The van der Waals surface area contributed by atoms with Gasteiger partial charge in [0.25, 0.3) is 0 Å². The molecule has 0 spiro atoms. The first-order valence-corrected chi connectivity index (χ1v) is 4.88. The zero-order chi connectivity index (χ0) is 10.8. The van der Waals surface area contributed by atoms with E-state index in [0.717, 1.165) is 5.57 Å². The maximum atomic E-state index is 11.7. The van der Waals surface area contributed by atoms with Crippen LogP contribution in [0.2, 0.25) is 0 Å². The van der Waals surface area contributed by atoms with Crippen molar-refractivity contribution < 1.29 is 4.42 Å². The molecule has 1 aromatic carbocycles. The van der Waals surface area contributed by atoms with Crippen LogP contribution < -0.4 is 5.43 Å². The van der Waals surface area contributed by atoms with Crippen molar-refractivity contribution in [3.8, 4) is 0 Å². The first kappa shape index (κ1) is 9.71. The number of para-hydroxylation sites is 1. The highest BCUT2D eigenvalue weighted by atomic mass is 16.3. The molecule has 76 valence electrons. The summed E-state index contributed by atoms with van der Waals surface area (Å²) < 4.78 is 5.63. The van der Waals surface area contributed by atoms with Crippen LogP contribution in [0.3, 0.4) is 0 Å². The Labute approximate surface area is 87.8 Å². The van der Waals surface area contributed by atoms with Crippen LogP contribution in [0.1, 0.15) is 19.6 Å². The van der Waals surface area contributed by atoms with Crippen molar-refractivity contribution in [2.45, 2.75) is 13.8 Å². The Hall–Kier alpha value is -1.83. The lowest BCUT2D eigenvalue weighted by Crippen LogP contribution is -2.00. The highest BCUT2D eigenvalue weighted by Crippen LogP contribution is 2.17. The average Bonchev–Trinajstić information content (AvgIpc) is 2.28. The van der Waals surface area contributed by atoms with E-state index in [9.17, 15) is 4.79 Å². The number of allylic oxidation sites excluding steroid dienone is 2. The monoisotopic (exact) mass is 200 g/mol. The topological polar surface area (TPSA) is 30.2 Å². The third-order valence-corrected chi connectivity index (χ3v) is 2.46. The summed E-state index contributed by atoms with van der Waals surface area (Å²) in [5, 5.41) is 0.630. The van der Waals surface area contributed by atoms with Crippen LogP contribution >= 0.6 is 0 Å². The fourth-order valence-electron chi connectivity index (χ4n) is 1.44. The van der Waals surface area contributed by atoms with Crippen molar-refractivity contribution >= 4 is 16.5 Å². The van der Waals surface area contributed by atoms with Gasteiger partial charge in [-0.25, -0.2) is 0 Å². The summed E-state index contributed by atoms with van der Waals surface area (Å²) >= 11 is 0. The van der Waals surface area contributed by atoms with Crippen LogP contribution in [0.4, 0.5) is 0 Å². The summed E-state index contributed by atoms with van der Waals surface area (Å²) in [5.41, 5.74) is 1.62. The Morgan fingerprint density at radius 1 is 1.33 bits per heavy atom. The van der Waals surface area contributed by atoms with Gasteiger partial charge in [-0.1, -0.05) is 18.2 Å². The van der Waals surface area contributed by atoms with Crippen LogP contribution in [0.15, 0.2) is 45.6 Å². The lowest BCUT2D eigenvalue weighted by atomic mass is 10.1. The zero-order valence-corrected chi connectivity index (χ0v) is 8.78. The summed E-state index contributed by atoms with van der Waals surface area (Å²) in [5.74, 6) is 0.640. The van der Waals surface area contributed by atoms with Crippen molar-refractivity contribution in [3.63, 3.8) is 0 Å². The molecule has 0 fully saturated rings. The maximum Gasteiger partial charge on any atom is 0.193 e. The summed E-state index contributed by atoms with van der Waals surface area (Å²) in [4.78, 5) is 11.7. The molecule has 1 aromatic heterocycles. The van der Waals surface area contributed by atoms with E-state index in [-0.39, 0.29) is 5.43 Å². The first-order chi connectivity index (χ1) is 7.22. The van der Waals surface area contributed by atoms with Crippen molar-refractivity contribution in [1.82, 2.24) is 0 Å².